The molecule has 0 aliphatic heterocycles. The molecule has 0 saturated heterocycles. The van der Waals surface area contributed by atoms with E-state index in [4.69, 9.17) is 0 Å². The molecule has 0 unspecified atom stereocenters. The van der Waals surface area contributed by atoms with E-state index < -0.39 is 0 Å². The van der Waals surface area contributed by atoms with E-state index in [1.165, 1.54) is 38.5 Å². The molecule has 1 aromatic heterocycles. The van der Waals surface area contributed by atoms with Gasteiger partial charge in [0.2, 0.25) is 0 Å². The second kappa shape index (κ2) is 7.21. The van der Waals surface area contributed by atoms with Crippen molar-refractivity contribution in [1.82, 2.24) is 9.97 Å². The lowest BCUT2D eigenvalue weighted by molar-refractivity contribution is 0.483. The Bertz CT molecular complexity index is 528. The summed E-state index contributed by atoms with van der Waals surface area (Å²) in [6, 6.07) is 10.1. The van der Waals surface area contributed by atoms with Crippen molar-refractivity contribution in [3.63, 3.8) is 0 Å². The minimum atomic E-state index is 0.788. The standard InChI is InChI=1S/C18H23N3/c1-2-5-9-15(8-4-1)12-19-17-13-20-18(21-14-17)16-10-6-3-7-11-16/h3,6-7,10-11,13-15,19H,1-2,4-5,8-9,12H2. The molecule has 0 radical (unpaired) electrons. The second-order valence-corrected chi connectivity index (χ2v) is 5.90. The zero-order chi connectivity index (χ0) is 14.3. The highest BCUT2D eigenvalue weighted by Gasteiger charge is 2.12. The van der Waals surface area contributed by atoms with E-state index in [0.29, 0.717) is 0 Å². The first-order valence-electron chi connectivity index (χ1n) is 8.03. The van der Waals surface area contributed by atoms with E-state index in [2.05, 4.69) is 15.3 Å². The van der Waals surface area contributed by atoms with Gasteiger partial charge in [0.25, 0.3) is 0 Å². The number of hydrogen-bond acceptors (Lipinski definition) is 3. The van der Waals surface area contributed by atoms with Gasteiger partial charge in [-0.2, -0.15) is 0 Å². The summed E-state index contributed by atoms with van der Waals surface area (Å²) in [5.41, 5.74) is 2.09. The number of aromatic nitrogens is 2. The Kier molecular flexibility index (Phi) is 4.82. The van der Waals surface area contributed by atoms with E-state index in [1.54, 1.807) is 0 Å². The Labute approximate surface area is 126 Å². The Morgan fingerprint density at radius 2 is 1.57 bits per heavy atom. The summed E-state index contributed by atoms with van der Waals surface area (Å²) in [6.45, 7) is 1.05. The number of anilines is 1. The van der Waals surface area contributed by atoms with Gasteiger partial charge in [-0.15, -0.1) is 0 Å². The summed E-state index contributed by atoms with van der Waals surface area (Å²) < 4.78 is 0. The van der Waals surface area contributed by atoms with Crippen LogP contribution < -0.4 is 5.32 Å². The molecule has 0 amide bonds. The highest BCUT2D eigenvalue weighted by Crippen LogP contribution is 2.23. The Morgan fingerprint density at radius 3 is 2.24 bits per heavy atom. The molecule has 3 nitrogen and oxygen atoms in total. The van der Waals surface area contributed by atoms with Crippen LogP contribution in [0.4, 0.5) is 5.69 Å². The molecule has 0 spiro atoms. The third-order valence-electron chi connectivity index (χ3n) is 4.25. The third kappa shape index (κ3) is 4.03. The van der Waals surface area contributed by atoms with Gasteiger partial charge in [0.05, 0.1) is 18.1 Å². The van der Waals surface area contributed by atoms with Crippen molar-refractivity contribution in [2.75, 3.05) is 11.9 Å². The molecular formula is C18H23N3. The van der Waals surface area contributed by atoms with Crippen LogP contribution in [-0.2, 0) is 0 Å². The lowest BCUT2D eigenvalue weighted by Crippen LogP contribution is -2.13. The highest BCUT2D eigenvalue weighted by molar-refractivity contribution is 5.55. The van der Waals surface area contributed by atoms with Gasteiger partial charge in [0.1, 0.15) is 0 Å². The van der Waals surface area contributed by atoms with Crippen molar-refractivity contribution in [1.29, 1.82) is 0 Å². The summed E-state index contributed by atoms with van der Waals surface area (Å²) in [7, 11) is 0. The summed E-state index contributed by atoms with van der Waals surface area (Å²) in [6.07, 6.45) is 12.1. The molecule has 0 atom stereocenters. The maximum atomic E-state index is 4.46. The number of nitrogens with one attached hydrogen (secondary N) is 1. The summed E-state index contributed by atoms with van der Waals surface area (Å²) in [5, 5.41) is 3.50. The minimum Gasteiger partial charge on any atom is -0.382 e. The van der Waals surface area contributed by atoms with E-state index >= 15 is 0 Å². The van der Waals surface area contributed by atoms with Crippen LogP contribution in [0.2, 0.25) is 0 Å². The zero-order valence-electron chi connectivity index (χ0n) is 12.5. The third-order valence-corrected chi connectivity index (χ3v) is 4.25. The second-order valence-electron chi connectivity index (χ2n) is 5.90. The van der Waals surface area contributed by atoms with Gasteiger partial charge in [-0.1, -0.05) is 56.0 Å². The molecule has 1 N–H and O–H groups in total. The van der Waals surface area contributed by atoms with Crippen LogP contribution >= 0.6 is 0 Å². The van der Waals surface area contributed by atoms with Crippen LogP contribution in [-0.4, -0.2) is 16.5 Å². The normalized spacial score (nSPS) is 16.4. The molecule has 1 saturated carbocycles. The zero-order valence-corrected chi connectivity index (χ0v) is 12.5. The van der Waals surface area contributed by atoms with E-state index in [0.717, 1.165) is 29.5 Å². The number of benzene rings is 1. The molecule has 2 aromatic rings. The lowest BCUT2D eigenvalue weighted by atomic mass is 10.0. The van der Waals surface area contributed by atoms with Crippen LogP contribution in [0.3, 0.4) is 0 Å². The van der Waals surface area contributed by atoms with E-state index in [-0.39, 0.29) is 0 Å². The summed E-state index contributed by atoms with van der Waals surface area (Å²) in [4.78, 5) is 8.92. The Hall–Kier alpha value is -1.90. The maximum Gasteiger partial charge on any atom is 0.159 e. The number of rotatable bonds is 4. The van der Waals surface area contributed by atoms with Crippen molar-refractivity contribution in [2.24, 2.45) is 5.92 Å². The predicted octanol–water partition coefficient (Wildman–Crippen LogP) is 4.53. The minimum absolute atomic E-state index is 0.788. The van der Waals surface area contributed by atoms with Crippen LogP contribution in [0.1, 0.15) is 38.5 Å². The molecule has 1 heterocycles. The Morgan fingerprint density at radius 1 is 0.905 bits per heavy atom. The molecule has 1 aliphatic carbocycles. The smallest absolute Gasteiger partial charge is 0.159 e. The van der Waals surface area contributed by atoms with Gasteiger partial charge < -0.3 is 5.32 Å². The molecule has 1 fully saturated rings. The van der Waals surface area contributed by atoms with Crippen LogP contribution in [0.25, 0.3) is 11.4 Å². The van der Waals surface area contributed by atoms with Crippen molar-refractivity contribution >= 4 is 5.69 Å². The first kappa shape index (κ1) is 14.1. The largest absolute Gasteiger partial charge is 0.382 e. The molecule has 3 heteroatoms. The highest BCUT2D eigenvalue weighted by atomic mass is 14.9. The van der Waals surface area contributed by atoms with Gasteiger partial charge in [0.15, 0.2) is 5.82 Å². The fourth-order valence-electron chi connectivity index (χ4n) is 2.99. The summed E-state index contributed by atoms with van der Waals surface area (Å²) >= 11 is 0. The van der Waals surface area contributed by atoms with Crippen molar-refractivity contribution in [3.8, 4) is 11.4 Å². The number of hydrogen-bond donors (Lipinski definition) is 1. The maximum absolute atomic E-state index is 4.46. The van der Waals surface area contributed by atoms with Gasteiger partial charge >= 0.3 is 0 Å². The predicted molar refractivity (Wildman–Crippen MR) is 87.1 cm³/mol. The topological polar surface area (TPSA) is 37.8 Å². The Balaban J connectivity index is 1.57. The SMILES string of the molecule is c1ccc(-c2ncc(NCC3CCCCCC3)cn2)cc1. The van der Waals surface area contributed by atoms with E-state index in [1.807, 2.05) is 42.7 Å². The van der Waals surface area contributed by atoms with Crippen LogP contribution in [0.15, 0.2) is 42.7 Å². The fraction of sp³-hybridized carbons (Fsp3) is 0.444. The molecular weight excluding hydrogens is 258 g/mol. The van der Waals surface area contributed by atoms with E-state index in [9.17, 15) is 0 Å². The molecule has 3 rings (SSSR count). The first-order chi connectivity index (χ1) is 10.4. The average molecular weight is 281 g/mol. The monoisotopic (exact) mass is 281 g/mol. The molecule has 1 aliphatic rings. The van der Waals surface area contributed by atoms with Crippen molar-refractivity contribution in [3.05, 3.63) is 42.7 Å². The van der Waals surface area contributed by atoms with Crippen molar-refractivity contribution in [2.45, 2.75) is 38.5 Å². The average Bonchev–Trinajstić information content (AvgIpc) is 2.83. The molecule has 1 aromatic carbocycles. The molecule has 0 bridgehead atoms. The van der Waals surface area contributed by atoms with Crippen LogP contribution in [0, 0.1) is 5.92 Å². The quantitative estimate of drug-likeness (QED) is 0.837. The van der Waals surface area contributed by atoms with Gasteiger partial charge in [-0.3, -0.25) is 0 Å². The molecule has 21 heavy (non-hydrogen) atoms. The fourth-order valence-corrected chi connectivity index (χ4v) is 2.99. The number of nitrogens with zero attached hydrogens (tertiary/aromatic N) is 2. The summed E-state index contributed by atoms with van der Waals surface area (Å²) in [5.74, 6) is 1.59. The van der Waals surface area contributed by atoms with Crippen LogP contribution in [0.5, 0.6) is 0 Å². The van der Waals surface area contributed by atoms with Gasteiger partial charge in [-0.25, -0.2) is 9.97 Å². The molecule has 110 valence electrons. The lowest BCUT2D eigenvalue weighted by Gasteiger charge is -2.15. The van der Waals surface area contributed by atoms with Gasteiger partial charge in [0, 0.05) is 12.1 Å². The van der Waals surface area contributed by atoms with Gasteiger partial charge in [-0.05, 0) is 18.8 Å². The first-order valence-corrected chi connectivity index (χ1v) is 8.03. The van der Waals surface area contributed by atoms with Crippen molar-refractivity contribution < 1.29 is 0 Å².